The number of benzene rings is 1. The second-order valence-electron chi connectivity index (χ2n) is 4.12. The van der Waals surface area contributed by atoms with E-state index in [2.05, 4.69) is 10.2 Å². The molecule has 2 aromatic rings. The van der Waals surface area contributed by atoms with Crippen molar-refractivity contribution in [1.29, 1.82) is 0 Å². The van der Waals surface area contributed by atoms with Gasteiger partial charge in [-0.3, -0.25) is 4.79 Å². The van der Waals surface area contributed by atoms with Crippen LogP contribution in [0.15, 0.2) is 23.4 Å². The Kier molecular flexibility index (Phi) is 4.35. The molecule has 0 aliphatic heterocycles. The molecular formula is C12H14FN5OS. The third kappa shape index (κ3) is 2.97. The lowest BCUT2D eigenvalue weighted by Crippen LogP contribution is -2.11. The molecule has 106 valence electrons. The fourth-order valence-electron chi connectivity index (χ4n) is 1.63. The number of halogens is 1. The molecule has 0 fully saturated rings. The molecule has 0 aliphatic rings. The molecule has 20 heavy (non-hydrogen) atoms. The van der Waals surface area contributed by atoms with E-state index >= 15 is 0 Å². The van der Waals surface area contributed by atoms with Crippen molar-refractivity contribution in [3.8, 4) is 0 Å². The quantitative estimate of drug-likeness (QED) is 0.795. The van der Waals surface area contributed by atoms with Crippen molar-refractivity contribution in [3.05, 3.63) is 41.0 Å². The number of carbonyl (C=O) groups excluding carboxylic acids is 1. The zero-order chi connectivity index (χ0) is 14.7. The molecule has 1 aromatic heterocycles. The molecule has 0 bridgehead atoms. The Labute approximate surface area is 119 Å². The topological polar surface area (TPSA) is 99.8 Å². The summed E-state index contributed by atoms with van der Waals surface area (Å²) in [6.45, 7) is 0.287. The number of primary amides is 1. The second kappa shape index (κ2) is 6.02. The minimum atomic E-state index is -0.583. The molecule has 2 rings (SSSR count). The van der Waals surface area contributed by atoms with Crippen LogP contribution in [0.3, 0.4) is 0 Å². The van der Waals surface area contributed by atoms with E-state index in [9.17, 15) is 9.18 Å². The first-order valence-electron chi connectivity index (χ1n) is 5.82. The highest BCUT2D eigenvalue weighted by Crippen LogP contribution is 2.23. The molecule has 1 amide bonds. The predicted molar refractivity (Wildman–Crippen MR) is 73.4 cm³/mol. The van der Waals surface area contributed by atoms with Gasteiger partial charge in [0.15, 0.2) is 5.16 Å². The van der Waals surface area contributed by atoms with Crippen molar-refractivity contribution in [2.75, 3.05) is 0 Å². The molecular weight excluding hydrogens is 281 g/mol. The lowest BCUT2D eigenvalue weighted by molar-refractivity contribution is 0.1000. The lowest BCUT2D eigenvalue weighted by Gasteiger charge is -2.05. The number of aromatic nitrogens is 3. The van der Waals surface area contributed by atoms with Crippen LogP contribution in [0.4, 0.5) is 4.39 Å². The first kappa shape index (κ1) is 14.5. The summed E-state index contributed by atoms with van der Waals surface area (Å²) in [5, 5.41) is 8.52. The van der Waals surface area contributed by atoms with Crippen LogP contribution >= 0.6 is 11.8 Å². The summed E-state index contributed by atoms with van der Waals surface area (Å²) in [5.74, 6) is 0.00616. The number of carbonyl (C=O) groups is 1. The fourth-order valence-corrected chi connectivity index (χ4v) is 2.53. The van der Waals surface area contributed by atoms with Crippen molar-refractivity contribution in [2.24, 2.45) is 18.5 Å². The van der Waals surface area contributed by atoms with Crippen LogP contribution in [0.1, 0.15) is 21.7 Å². The van der Waals surface area contributed by atoms with Crippen LogP contribution in [0, 0.1) is 5.82 Å². The summed E-state index contributed by atoms with van der Waals surface area (Å²) in [6.07, 6.45) is 0. The van der Waals surface area contributed by atoms with Gasteiger partial charge in [0.1, 0.15) is 11.6 Å². The van der Waals surface area contributed by atoms with Crippen molar-refractivity contribution < 1.29 is 9.18 Å². The zero-order valence-corrected chi connectivity index (χ0v) is 11.7. The summed E-state index contributed by atoms with van der Waals surface area (Å²) < 4.78 is 15.4. The number of rotatable bonds is 5. The Morgan fingerprint density at radius 1 is 1.45 bits per heavy atom. The van der Waals surface area contributed by atoms with Gasteiger partial charge in [-0.2, -0.15) is 0 Å². The van der Waals surface area contributed by atoms with Gasteiger partial charge in [-0.05, 0) is 23.8 Å². The second-order valence-corrected chi connectivity index (χ2v) is 5.06. The third-order valence-electron chi connectivity index (χ3n) is 2.79. The van der Waals surface area contributed by atoms with Gasteiger partial charge in [-0.15, -0.1) is 10.2 Å². The largest absolute Gasteiger partial charge is 0.366 e. The van der Waals surface area contributed by atoms with Gasteiger partial charge in [-0.25, -0.2) is 4.39 Å². The van der Waals surface area contributed by atoms with E-state index in [-0.39, 0.29) is 17.9 Å². The van der Waals surface area contributed by atoms with E-state index in [4.69, 9.17) is 11.5 Å². The molecule has 0 saturated heterocycles. The highest BCUT2D eigenvalue weighted by atomic mass is 32.2. The Morgan fingerprint density at radius 2 is 2.20 bits per heavy atom. The minimum absolute atomic E-state index is 0.280. The van der Waals surface area contributed by atoms with Crippen LogP contribution in [0.2, 0.25) is 0 Å². The first-order chi connectivity index (χ1) is 9.52. The summed E-state index contributed by atoms with van der Waals surface area (Å²) in [6, 6.07) is 4.05. The summed E-state index contributed by atoms with van der Waals surface area (Å²) >= 11 is 1.31. The van der Waals surface area contributed by atoms with Crippen molar-refractivity contribution >= 4 is 17.7 Å². The normalized spacial score (nSPS) is 10.8. The molecule has 0 saturated carbocycles. The Balaban J connectivity index is 2.16. The summed E-state index contributed by atoms with van der Waals surface area (Å²) in [4.78, 5) is 11.1. The van der Waals surface area contributed by atoms with Crippen LogP contribution in [-0.4, -0.2) is 20.7 Å². The van der Waals surface area contributed by atoms with Gasteiger partial charge in [-0.1, -0.05) is 11.8 Å². The SMILES string of the molecule is Cn1c(CN)nnc1SCc1cc(C(N)=O)ccc1F. The number of nitrogens with two attached hydrogens (primary N) is 2. The minimum Gasteiger partial charge on any atom is -0.366 e. The first-order valence-corrected chi connectivity index (χ1v) is 6.81. The Hall–Kier alpha value is -1.93. The van der Waals surface area contributed by atoms with Crippen LogP contribution in [-0.2, 0) is 19.3 Å². The zero-order valence-electron chi connectivity index (χ0n) is 10.8. The van der Waals surface area contributed by atoms with Gasteiger partial charge in [0, 0.05) is 18.4 Å². The van der Waals surface area contributed by atoms with Gasteiger partial charge >= 0.3 is 0 Å². The van der Waals surface area contributed by atoms with Gasteiger partial charge in [0.05, 0.1) is 6.54 Å². The van der Waals surface area contributed by atoms with Crippen molar-refractivity contribution in [2.45, 2.75) is 17.5 Å². The highest BCUT2D eigenvalue weighted by Gasteiger charge is 2.11. The van der Waals surface area contributed by atoms with E-state index in [0.717, 1.165) is 0 Å². The number of amides is 1. The predicted octanol–water partition coefficient (Wildman–Crippen LogP) is 0.804. The van der Waals surface area contributed by atoms with E-state index in [1.807, 2.05) is 0 Å². The number of hydrogen-bond donors (Lipinski definition) is 2. The van der Waals surface area contributed by atoms with Crippen molar-refractivity contribution in [1.82, 2.24) is 14.8 Å². The highest BCUT2D eigenvalue weighted by molar-refractivity contribution is 7.98. The molecule has 6 nitrogen and oxygen atoms in total. The average Bonchev–Trinajstić information content (AvgIpc) is 2.78. The molecule has 0 unspecified atom stereocenters. The van der Waals surface area contributed by atoms with Gasteiger partial charge in [0.25, 0.3) is 0 Å². The smallest absolute Gasteiger partial charge is 0.248 e. The monoisotopic (exact) mass is 295 g/mol. The molecule has 0 radical (unpaired) electrons. The summed E-state index contributed by atoms with van der Waals surface area (Å²) in [5.41, 5.74) is 11.4. The van der Waals surface area contributed by atoms with E-state index < -0.39 is 5.91 Å². The molecule has 0 aliphatic carbocycles. The number of hydrogen-bond acceptors (Lipinski definition) is 5. The van der Waals surface area contributed by atoms with Crippen LogP contribution in [0.25, 0.3) is 0 Å². The Bertz CT molecular complexity index is 643. The van der Waals surface area contributed by atoms with Gasteiger partial charge < -0.3 is 16.0 Å². The van der Waals surface area contributed by atoms with E-state index in [0.29, 0.717) is 22.3 Å². The summed E-state index contributed by atoms with van der Waals surface area (Å²) in [7, 11) is 1.79. The maximum absolute atomic E-state index is 13.7. The molecule has 0 spiro atoms. The molecule has 0 atom stereocenters. The molecule has 1 heterocycles. The lowest BCUT2D eigenvalue weighted by atomic mass is 10.1. The van der Waals surface area contributed by atoms with Gasteiger partial charge in [0.2, 0.25) is 5.91 Å². The van der Waals surface area contributed by atoms with Crippen LogP contribution in [0.5, 0.6) is 0 Å². The fraction of sp³-hybridized carbons (Fsp3) is 0.250. The van der Waals surface area contributed by atoms with Crippen molar-refractivity contribution in [3.63, 3.8) is 0 Å². The number of nitrogens with zero attached hydrogens (tertiary/aromatic N) is 3. The number of thioether (sulfide) groups is 1. The van der Waals surface area contributed by atoms with Crippen LogP contribution < -0.4 is 11.5 Å². The Morgan fingerprint density at radius 3 is 2.80 bits per heavy atom. The molecule has 4 N–H and O–H groups in total. The molecule has 8 heteroatoms. The van der Waals surface area contributed by atoms with E-state index in [1.54, 1.807) is 11.6 Å². The maximum atomic E-state index is 13.7. The average molecular weight is 295 g/mol. The standard InChI is InChI=1S/C12H14FN5OS/c1-18-10(5-14)16-17-12(18)20-6-8-4-7(11(15)19)2-3-9(8)13/h2-4H,5-6,14H2,1H3,(H2,15,19). The molecule has 1 aromatic carbocycles. The third-order valence-corrected chi connectivity index (χ3v) is 3.86. The maximum Gasteiger partial charge on any atom is 0.248 e. The van der Waals surface area contributed by atoms with E-state index in [1.165, 1.54) is 30.0 Å².